The highest BCUT2D eigenvalue weighted by atomic mass is 32.3. The van der Waals surface area contributed by atoms with E-state index < -0.39 is 25.9 Å². The fourth-order valence-electron chi connectivity index (χ4n) is 2.04. The van der Waals surface area contributed by atoms with Gasteiger partial charge in [0, 0.05) is 4.90 Å². The van der Waals surface area contributed by atoms with Crippen LogP contribution in [0.3, 0.4) is 0 Å². The average Bonchev–Trinajstić information content (AvgIpc) is 2.47. The van der Waals surface area contributed by atoms with Crippen LogP contribution in [-0.4, -0.2) is 29.6 Å². The topological polar surface area (TPSA) is 83.8 Å². The molecule has 2 atom stereocenters. The molecule has 0 aliphatic heterocycles. The van der Waals surface area contributed by atoms with Crippen LogP contribution in [0.2, 0.25) is 0 Å². The van der Waals surface area contributed by atoms with Gasteiger partial charge in [-0.3, -0.25) is 0 Å². The minimum atomic E-state index is -4.09. The van der Waals surface area contributed by atoms with E-state index in [9.17, 15) is 17.7 Å². The fourth-order valence-corrected chi connectivity index (χ4v) is 6.15. The lowest BCUT2D eigenvalue weighted by Gasteiger charge is -2.12. The van der Waals surface area contributed by atoms with Gasteiger partial charge in [-0.1, -0.05) is 35.9 Å². The predicted molar refractivity (Wildman–Crippen MR) is 90.2 cm³/mol. The van der Waals surface area contributed by atoms with Crippen molar-refractivity contribution in [1.29, 1.82) is 0 Å². The number of aryl methyl sites for hydroxylation is 1. The van der Waals surface area contributed by atoms with Crippen molar-refractivity contribution in [2.75, 3.05) is 5.75 Å². The smallest absolute Gasteiger partial charge is 0.290 e. The molecule has 0 radical (unpaired) electrons. The van der Waals surface area contributed by atoms with Crippen LogP contribution in [0.5, 0.6) is 0 Å². The van der Waals surface area contributed by atoms with E-state index in [1.165, 1.54) is 19.1 Å². The van der Waals surface area contributed by atoms with E-state index in [1.54, 1.807) is 42.5 Å². The Morgan fingerprint density at radius 1 is 0.957 bits per heavy atom. The second kappa shape index (κ2) is 6.82. The van der Waals surface area contributed by atoms with Gasteiger partial charge >= 0.3 is 0 Å². The van der Waals surface area contributed by atoms with E-state index >= 15 is 0 Å². The molecule has 124 valence electrons. The molecule has 0 aromatic heterocycles. The van der Waals surface area contributed by atoms with Gasteiger partial charge in [-0.05, 0) is 38.1 Å². The molecule has 1 N–H and O–H groups in total. The van der Waals surface area contributed by atoms with Crippen molar-refractivity contribution in [2.45, 2.75) is 29.7 Å². The molecule has 2 rings (SSSR count). The van der Waals surface area contributed by atoms with E-state index in [0.29, 0.717) is 0 Å². The number of hydrogen-bond acceptors (Lipinski definition) is 4. The average molecular weight is 353 g/mol. The standard InChI is InChI=1S/C16H19NO4S2/c1-13-8-10-16(11-9-13)23(20,21)17-22(19,12-14(2)18)15-6-4-3-5-7-15/h3-11,14,18H,12H2,1-2H3/t14-,22+/m0/s1. The SMILES string of the molecule is Cc1ccc(S(=O)(=O)N=[S@@](=O)(C[C@H](C)O)c2ccccc2)cc1. The van der Waals surface area contributed by atoms with Gasteiger partial charge in [0.25, 0.3) is 10.0 Å². The van der Waals surface area contributed by atoms with E-state index in [-0.39, 0.29) is 15.5 Å². The third-order valence-electron chi connectivity index (χ3n) is 3.12. The molecule has 0 amide bonds. The van der Waals surface area contributed by atoms with Crippen LogP contribution in [0.4, 0.5) is 0 Å². The third-order valence-corrected chi connectivity index (χ3v) is 7.68. The summed E-state index contributed by atoms with van der Waals surface area (Å²) in [6.07, 6.45) is -0.945. The molecule has 0 fully saturated rings. The molecule has 0 aliphatic rings. The van der Waals surface area contributed by atoms with Crippen LogP contribution >= 0.6 is 0 Å². The lowest BCUT2D eigenvalue weighted by Crippen LogP contribution is -2.19. The fraction of sp³-hybridized carbons (Fsp3) is 0.250. The van der Waals surface area contributed by atoms with Crippen molar-refractivity contribution in [3.05, 3.63) is 60.2 Å². The van der Waals surface area contributed by atoms with E-state index in [2.05, 4.69) is 3.77 Å². The van der Waals surface area contributed by atoms with Crippen LogP contribution in [-0.2, 0) is 19.8 Å². The number of rotatable bonds is 5. The Hall–Kier alpha value is -1.70. The first-order valence-corrected chi connectivity index (χ1v) is 10.2. The first kappa shape index (κ1) is 17.7. The molecule has 7 heteroatoms. The Morgan fingerprint density at radius 2 is 1.52 bits per heavy atom. The van der Waals surface area contributed by atoms with Crippen LogP contribution in [0, 0.1) is 6.92 Å². The molecular formula is C16H19NO4S2. The Kier molecular flexibility index (Phi) is 5.23. The van der Waals surface area contributed by atoms with Gasteiger partial charge in [0.15, 0.2) is 0 Å². The van der Waals surface area contributed by atoms with E-state index in [0.717, 1.165) is 5.56 Å². The van der Waals surface area contributed by atoms with Crippen molar-refractivity contribution in [3.8, 4) is 0 Å². The maximum absolute atomic E-state index is 13.1. The normalized spacial score (nSPS) is 15.6. The highest BCUT2D eigenvalue weighted by molar-refractivity contribution is 8.03. The minimum Gasteiger partial charge on any atom is -0.392 e. The monoisotopic (exact) mass is 353 g/mol. The predicted octanol–water partition coefficient (Wildman–Crippen LogP) is 2.59. The zero-order valence-electron chi connectivity index (χ0n) is 12.9. The summed E-state index contributed by atoms with van der Waals surface area (Å²) in [7, 11) is -7.39. The zero-order chi connectivity index (χ0) is 17.1. The van der Waals surface area contributed by atoms with Crippen molar-refractivity contribution in [1.82, 2.24) is 0 Å². The van der Waals surface area contributed by atoms with Crippen molar-refractivity contribution in [3.63, 3.8) is 0 Å². The minimum absolute atomic E-state index is 0.0163. The molecule has 0 spiro atoms. The molecule has 0 heterocycles. The van der Waals surface area contributed by atoms with Gasteiger partial charge in [0.1, 0.15) is 0 Å². The number of sulfonamides is 1. The van der Waals surface area contributed by atoms with Crippen LogP contribution in [0.25, 0.3) is 0 Å². The molecule has 0 saturated heterocycles. The Morgan fingerprint density at radius 3 is 2.04 bits per heavy atom. The van der Waals surface area contributed by atoms with Gasteiger partial charge in [0.05, 0.1) is 26.5 Å². The summed E-state index contributed by atoms with van der Waals surface area (Å²) in [5.74, 6) is -0.248. The molecular weight excluding hydrogens is 334 g/mol. The first-order chi connectivity index (χ1) is 10.7. The van der Waals surface area contributed by atoms with Gasteiger partial charge < -0.3 is 5.11 Å². The maximum atomic E-state index is 13.1. The molecule has 2 aromatic rings. The number of aliphatic hydroxyl groups excluding tert-OH is 1. The first-order valence-electron chi connectivity index (χ1n) is 7.04. The van der Waals surface area contributed by atoms with Crippen molar-refractivity contribution in [2.24, 2.45) is 3.77 Å². The molecule has 0 saturated carbocycles. The number of benzene rings is 2. The number of aliphatic hydroxyl groups is 1. The van der Waals surface area contributed by atoms with Crippen molar-refractivity contribution < 1.29 is 17.7 Å². The number of hydrogen-bond donors (Lipinski definition) is 1. The van der Waals surface area contributed by atoms with Gasteiger partial charge in [-0.2, -0.15) is 8.42 Å². The lowest BCUT2D eigenvalue weighted by molar-refractivity contribution is 0.219. The molecule has 5 nitrogen and oxygen atoms in total. The summed E-state index contributed by atoms with van der Waals surface area (Å²) in [6, 6.07) is 14.3. The quantitative estimate of drug-likeness (QED) is 0.895. The summed E-state index contributed by atoms with van der Waals surface area (Å²) in [6.45, 7) is 3.30. The second-order valence-electron chi connectivity index (χ2n) is 5.33. The summed E-state index contributed by atoms with van der Waals surface area (Å²) in [5, 5.41) is 9.62. The largest absolute Gasteiger partial charge is 0.392 e. The van der Waals surface area contributed by atoms with Gasteiger partial charge in [0.2, 0.25) is 0 Å². The van der Waals surface area contributed by atoms with E-state index in [1.807, 2.05) is 6.92 Å². The maximum Gasteiger partial charge on any atom is 0.290 e. The molecule has 0 aliphatic carbocycles. The highest BCUT2D eigenvalue weighted by Gasteiger charge is 2.22. The van der Waals surface area contributed by atoms with Crippen LogP contribution in [0.15, 0.2) is 68.2 Å². The van der Waals surface area contributed by atoms with Gasteiger partial charge in [-0.15, -0.1) is 3.77 Å². The highest BCUT2D eigenvalue weighted by Crippen LogP contribution is 2.21. The zero-order valence-corrected chi connectivity index (χ0v) is 14.5. The second-order valence-corrected chi connectivity index (χ2v) is 9.44. The van der Waals surface area contributed by atoms with E-state index in [4.69, 9.17) is 0 Å². The van der Waals surface area contributed by atoms with Crippen LogP contribution in [0.1, 0.15) is 12.5 Å². The Labute approximate surface area is 137 Å². The third kappa shape index (κ3) is 4.40. The molecule has 0 unspecified atom stereocenters. The van der Waals surface area contributed by atoms with Gasteiger partial charge in [-0.25, -0.2) is 4.21 Å². The summed E-state index contributed by atoms with van der Waals surface area (Å²) >= 11 is 0. The summed E-state index contributed by atoms with van der Waals surface area (Å²) in [5.41, 5.74) is 0.914. The Balaban J connectivity index is 2.61. The molecule has 0 bridgehead atoms. The lowest BCUT2D eigenvalue weighted by atomic mass is 10.2. The van der Waals surface area contributed by atoms with Crippen LogP contribution < -0.4 is 0 Å². The summed E-state index contributed by atoms with van der Waals surface area (Å²) < 4.78 is 41.8. The summed E-state index contributed by atoms with van der Waals surface area (Å²) in [4.78, 5) is 0.272. The molecule has 23 heavy (non-hydrogen) atoms. The Bertz CT molecular complexity index is 879. The molecule has 2 aromatic carbocycles. The number of nitrogens with zero attached hydrogens (tertiary/aromatic N) is 1. The van der Waals surface area contributed by atoms with Crippen molar-refractivity contribution >= 4 is 19.8 Å².